The van der Waals surface area contributed by atoms with Crippen LogP contribution in [0.15, 0.2) is 36.5 Å². The zero-order valence-electron chi connectivity index (χ0n) is 38.4. The summed E-state index contributed by atoms with van der Waals surface area (Å²) >= 11 is 0. The van der Waals surface area contributed by atoms with Crippen LogP contribution in [0.5, 0.6) is 0 Å². The van der Waals surface area contributed by atoms with E-state index in [-0.39, 0.29) is 26.1 Å². The number of unbranched alkanes of at least 4 members (excludes halogenated alkanes) is 19. The van der Waals surface area contributed by atoms with E-state index < -0.39 is 32.5 Å². The number of rotatable bonds is 42. The summed E-state index contributed by atoms with van der Waals surface area (Å²) in [6.07, 6.45) is 43.3. The normalized spacial score (nSPS) is 17.3. The van der Waals surface area contributed by atoms with E-state index in [1.807, 2.05) is 21.1 Å². The molecule has 0 amide bonds. The fourth-order valence-corrected chi connectivity index (χ4v) is 7.42. The van der Waals surface area contributed by atoms with Crippen molar-refractivity contribution >= 4 is 19.8 Å². The topological polar surface area (TPSA) is 124 Å². The van der Waals surface area contributed by atoms with Gasteiger partial charge in [-0.25, -0.2) is 0 Å². The van der Waals surface area contributed by atoms with Crippen LogP contribution in [0.4, 0.5) is 0 Å². The first-order valence-electron chi connectivity index (χ1n) is 23.8. The number of phosphoric acid groups is 1. The highest BCUT2D eigenvalue weighted by atomic mass is 31.2. The molecule has 0 aromatic carbocycles. The number of allylic oxidation sites excluding steroid dienone is 5. The number of epoxide rings is 1. The minimum absolute atomic E-state index is 0.0366. The Morgan fingerprint density at radius 2 is 1.14 bits per heavy atom. The van der Waals surface area contributed by atoms with Crippen LogP contribution >= 0.6 is 7.82 Å². The van der Waals surface area contributed by atoms with E-state index in [2.05, 4.69) is 50.3 Å². The van der Waals surface area contributed by atoms with E-state index >= 15 is 0 Å². The van der Waals surface area contributed by atoms with Gasteiger partial charge in [0.05, 0.1) is 40.0 Å². The molecule has 59 heavy (non-hydrogen) atoms. The Morgan fingerprint density at radius 1 is 0.627 bits per heavy atom. The third-order valence-electron chi connectivity index (χ3n) is 10.6. The summed E-state index contributed by atoms with van der Waals surface area (Å²) < 4.78 is 39.7. The van der Waals surface area contributed by atoms with Crippen molar-refractivity contribution in [2.75, 3.05) is 47.5 Å². The Morgan fingerprint density at radius 3 is 1.71 bits per heavy atom. The summed E-state index contributed by atoms with van der Waals surface area (Å²) in [6.45, 7) is 4.15. The molecular formula is C48H88NO9P. The van der Waals surface area contributed by atoms with Gasteiger partial charge < -0.3 is 32.6 Å². The minimum atomic E-state index is -4.63. The van der Waals surface area contributed by atoms with Gasteiger partial charge in [0, 0.05) is 12.8 Å². The third kappa shape index (κ3) is 37.7. The van der Waals surface area contributed by atoms with Crippen LogP contribution in [0.2, 0.25) is 0 Å². The summed E-state index contributed by atoms with van der Waals surface area (Å²) in [4.78, 5) is 37.6. The number of hydrogen-bond acceptors (Lipinski definition) is 9. The molecule has 0 N–H and O–H groups in total. The second-order valence-corrected chi connectivity index (χ2v) is 18.9. The Kier molecular flexibility index (Phi) is 34.4. The van der Waals surface area contributed by atoms with Gasteiger partial charge >= 0.3 is 11.9 Å². The molecule has 344 valence electrons. The van der Waals surface area contributed by atoms with Crippen LogP contribution in [-0.4, -0.2) is 82.2 Å². The lowest BCUT2D eigenvalue weighted by atomic mass is 10.1. The van der Waals surface area contributed by atoms with Gasteiger partial charge in [0.1, 0.15) is 19.8 Å². The highest BCUT2D eigenvalue weighted by molar-refractivity contribution is 7.45. The number of phosphoric ester groups is 1. The maximum absolute atomic E-state index is 12.7. The van der Waals surface area contributed by atoms with Crippen LogP contribution in [0, 0.1) is 0 Å². The zero-order valence-corrected chi connectivity index (χ0v) is 39.3. The lowest BCUT2D eigenvalue weighted by Gasteiger charge is -2.28. The Balaban J connectivity index is 2.24. The van der Waals surface area contributed by atoms with Gasteiger partial charge in [-0.05, 0) is 70.6 Å². The van der Waals surface area contributed by atoms with Crippen molar-refractivity contribution in [3.63, 3.8) is 0 Å². The molecule has 0 aliphatic carbocycles. The van der Waals surface area contributed by atoms with Crippen molar-refractivity contribution in [1.29, 1.82) is 0 Å². The molecule has 0 radical (unpaired) electrons. The lowest BCUT2D eigenvalue weighted by Crippen LogP contribution is -2.37. The average Bonchev–Trinajstić information content (AvgIpc) is 3.94. The van der Waals surface area contributed by atoms with E-state index in [1.54, 1.807) is 0 Å². The number of likely N-dealkylation sites (N-methyl/N-ethyl adjacent to an activating group) is 1. The highest BCUT2D eigenvalue weighted by Crippen LogP contribution is 2.38. The monoisotopic (exact) mass is 854 g/mol. The summed E-state index contributed by atoms with van der Waals surface area (Å²) in [6, 6.07) is 0. The smallest absolute Gasteiger partial charge is 0.306 e. The number of carbonyl (C=O) groups is 2. The number of hydrogen-bond donors (Lipinski definition) is 0. The molecule has 1 heterocycles. The first-order chi connectivity index (χ1) is 28.5. The van der Waals surface area contributed by atoms with Gasteiger partial charge in [0.2, 0.25) is 0 Å². The fourth-order valence-electron chi connectivity index (χ4n) is 6.69. The molecule has 11 heteroatoms. The summed E-state index contributed by atoms with van der Waals surface area (Å²) in [5.74, 6) is -0.859. The lowest BCUT2D eigenvalue weighted by molar-refractivity contribution is -0.870. The van der Waals surface area contributed by atoms with Gasteiger partial charge in [-0.15, -0.1) is 0 Å². The van der Waals surface area contributed by atoms with Gasteiger partial charge in [-0.1, -0.05) is 147 Å². The predicted octanol–water partition coefficient (Wildman–Crippen LogP) is 12.0. The number of esters is 2. The first-order valence-corrected chi connectivity index (χ1v) is 25.3. The van der Waals surface area contributed by atoms with Crippen molar-refractivity contribution < 1.29 is 46.8 Å². The van der Waals surface area contributed by atoms with E-state index in [4.69, 9.17) is 23.3 Å². The molecule has 1 saturated heterocycles. The molecule has 3 unspecified atom stereocenters. The van der Waals surface area contributed by atoms with Crippen LogP contribution in [0.25, 0.3) is 0 Å². The van der Waals surface area contributed by atoms with Gasteiger partial charge in [-0.3, -0.25) is 14.2 Å². The molecular weight excluding hydrogens is 766 g/mol. The van der Waals surface area contributed by atoms with Crippen LogP contribution < -0.4 is 4.89 Å². The Bertz CT molecular complexity index is 1170. The minimum Gasteiger partial charge on any atom is -0.756 e. The van der Waals surface area contributed by atoms with E-state index in [0.29, 0.717) is 36.1 Å². The van der Waals surface area contributed by atoms with Gasteiger partial charge in [0.15, 0.2) is 6.10 Å². The van der Waals surface area contributed by atoms with Crippen molar-refractivity contribution in [3.8, 4) is 0 Å². The predicted molar refractivity (Wildman–Crippen MR) is 240 cm³/mol. The van der Waals surface area contributed by atoms with Crippen molar-refractivity contribution in [3.05, 3.63) is 36.5 Å². The van der Waals surface area contributed by atoms with Crippen molar-refractivity contribution in [2.45, 2.75) is 212 Å². The van der Waals surface area contributed by atoms with Crippen molar-refractivity contribution in [1.82, 2.24) is 0 Å². The maximum Gasteiger partial charge on any atom is 0.306 e. The summed E-state index contributed by atoms with van der Waals surface area (Å²) in [7, 11) is 1.15. The van der Waals surface area contributed by atoms with E-state index in [9.17, 15) is 19.0 Å². The number of carbonyl (C=O) groups excluding carboxylic acids is 2. The van der Waals surface area contributed by atoms with Gasteiger partial charge in [-0.2, -0.15) is 0 Å². The third-order valence-corrected chi connectivity index (χ3v) is 11.5. The average molecular weight is 854 g/mol. The van der Waals surface area contributed by atoms with Gasteiger partial charge in [0.25, 0.3) is 7.82 Å². The van der Waals surface area contributed by atoms with E-state index in [1.165, 1.54) is 83.5 Å². The molecule has 0 aromatic rings. The molecule has 1 fully saturated rings. The Hall–Kier alpha value is -1.81. The fraction of sp³-hybridized carbons (Fsp3) is 0.833. The summed E-state index contributed by atoms with van der Waals surface area (Å²) in [5, 5.41) is 0. The first kappa shape index (κ1) is 55.2. The maximum atomic E-state index is 12.7. The summed E-state index contributed by atoms with van der Waals surface area (Å²) in [5.41, 5.74) is 0. The molecule has 0 aromatic heterocycles. The number of nitrogens with zero attached hydrogens (tertiary/aromatic N) is 1. The van der Waals surface area contributed by atoms with Crippen LogP contribution in [0.3, 0.4) is 0 Å². The molecule has 0 saturated carbocycles. The second kappa shape index (κ2) is 36.8. The molecule has 1 rings (SSSR count). The quantitative estimate of drug-likeness (QED) is 0.0147. The zero-order chi connectivity index (χ0) is 43.3. The molecule has 0 spiro atoms. The van der Waals surface area contributed by atoms with Crippen LogP contribution in [0.1, 0.15) is 194 Å². The molecule has 1 aliphatic heterocycles. The van der Waals surface area contributed by atoms with Crippen molar-refractivity contribution in [2.24, 2.45) is 0 Å². The molecule has 4 atom stereocenters. The standard InChI is InChI=1S/C48H88NO9P/c1-6-8-10-11-12-13-14-15-16-17-18-19-20-21-22-23-28-31-35-39-48(51)57-44(43-56-59(52,53)55-41-40-49(3,4)5)42-54-47(50)38-34-30-27-25-24-26-29-33-37-46-45(58-46)36-32-9-7-2/h12-13,15-16,29,33,44-46H,6-11,14,17-28,30-32,34-43H2,1-5H3/b13-12-,16-15-,33-29-/t44-,45?,46?/m1/s1. The number of quaternary nitrogens is 1. The SMILES string of the molecule is CCCCC/C=C\C/C=C\CCCCCCCCCCCC(=O)O[C@H](COC(=O)CCCCCCC/C=C\CC1OC1CCCCC)COP(=O)([O-])OCC[N+](C)(C)C. The highest BCUT2D eigenvalue weighted by Gasteiger charge is 2.36. The second-order valence-electron chi connectivity index (χ2n) is 17.5. The molecule has 10 nitrogen and oxygen atoms in total. The molecule has 1 aliphatic rings. The van der Waals surface area contributed by atoms with Crippen LogP contribution in [-0.2, 0) is 37.4 Å². The number of ether oxygens (including phenoxy) is 3. The Labute approximate surface area is 361 Å². The largest absolute Gasteiger partial charge is 0.756 e. The van der Waals surface area contributed by atoms with E-state index in [0.717, 1.165) is 70.6 Å². The molecule has 0 bridgehead atoms.